The van der Waals surface area contributed by atoms with E-state index in [2.05, 4.69) is 280 Å². The Morgan fingerprint density at radius 1 is 0.351 bits per heavy atom. The first-order valence-corrected chi connectivity index (χ1v) is 26.7. The third kappa shape index (κ3) is 6.26. The molecule has 0 atom stereocenters. The summed E-state index contributed by atoms with van der Waals surface area (Å²) in [6.07, 6.45) is 0. The van der Waals surface area contributed by atoms with Gasteiger partial charge in [-0.3, -0.25) is 0 Å². The summed E-state index contributed by atoms with van der Waals surface area (Å²) >= 11 is 0. The Morgan fingerprint density at radius 2 is 0.883 bits per heavy atom. The van der Waals surface area contributed by atoms with Crippen molar-refractivity contribution in [1.29, 1.82) is 0 Å². The van der Waals surface area contributed by atoms with Crippen molar-refractivity contribution >= 4 is 49.8 Å². The van der Waals surface area contributed by atoms with E-state index in [0.717, 1.165) is 89.4 Å². The lowest BCUT2D eigenvalue weighted by molar-refractivity contribution is 0.438. The molecular weight excluding hydrogens is 935 g/mol. The highest BCUT2D eigenvalue weighted by Gasteiger charge is 2.52. The summed E-state index contributed by atoms with van der Waals surface area (Å²) < 4.78 is 14.2. The van der Waals surface area contributed by atoms with Crippen molar-refractivity contribution in [3.63, 3.8) is 0 Å². The molecule has 3 heteroatoms. The van der Waals surface area contributed by atoms with Crippen LogP contribution >= 0.6 is 0 Å². The van der Waals surface area contributed by atoms with E-state index < -0.39 is 5.41 Å². The number of furan rings is 1. The highest BCUT2D eigenvalue weighted by Crippen LogP contribution is 2.65. The summed E-state index contributed by atoms with van der Waals surface area (Å²) in [6, 6.07) is 95.7. The molecule has 12 aromatic carbocycles. The second kappa shape index (κ2) is 16.4. The second-order valence-corrected chi connectivity index (χ2v) is 21.5. The minimum Gasteiger partial charge on any atom is -0.456 e. The number of para-hydroxylation sites is 1. The normalized spacial score (nSPS) is 13.9. The quantitative estimate of drug-likeness (QED) is 0.166. The van der Waals surface area contributed by atoms with Crippen molar-refractivity contribution in [2.45, 2.75) is 24.7 Å². The largest absolute Gasteiger partial charge is 0.456 e. The fourth-order valence-corrected chi connectivity index (χ4v) is 13.7. The number of nitrogens with zero attached hydrogens (tertiary/aromatic N) is 1. The van der Waals surface area contributed by atoms with Gasteiger partial charge in [-0.05, 0) is 144 Å². The zero-order valence-corrected chi connectivity index (χ0v) is 42.6. The van der Waals surface area contributed by atoms with E-state index in [1.54, 1.807) is 0 Å². The fourth-order valence-electron chi connectivity index (χ4n) is 13.7. The fraction of sp³-hybridized carbons (Fsp3) is 0.0541. The molecule has 0 fully saturated rings. The molecule has 0 radical (unpaired) electrons. The van der Waals surface area contributed by atoms with Crippen LogP contribution < -0.4 is 9.64 Å². The van der Waals surface area contributed by atoms with Crippen molar-refractivity contribution < 1.29 is 9.15 Å². The van der Waals surface area contributed by atoms with Crippen LogP contribution in [-0.4, -0.2) is 0 Å². The minimum absolute atomic E-state index is 0.157. The van der Waals surface area contributed by atoms with Gasteiger partial charge in [-0.15, -0.1) is 0 Å². The highest BCUT2D eigenvalue weighted by atomic mass is 16.5. The number of hydrogen-bond donors (Lipinski definition) is 0. The summed E-state index contributed by atoms with van der Waals surface area (Å²) in [5, 5.41) is 4.59. The summed E-state index contributed by atoms with van der Waals surface area (Å²) in [6.45, 7) is 4.71. The molecule has 0 saturated heterocycles. The summed E-state index contributed by atoms with van der Waals surface area (Å²) in [7, 11) is 0. The maximum atomic E-state index is 7.59. The lowest BCUT2D eigenvalue weighted by Gasteiger charge is -2.41. The Labute approximate surface area is 447 Å². The number of benzene rings is 12. The number of hydrogen-bond acceptors (Lipinski definition) is 3. The smallest absolute Gasteiger partial charge is 0.142 e. The Bertz CT molecular complexity index is 4520. The van der Waals surface area contributed by atoms with Gasteiger partial charge in [0.15, 0.2) is 0 Å². The van der Waals surface area contributed by atoms with Gasteiger partial charge in [-0.25, -0.2) is 0 Å². The molecule has 3 aliphatic rings. The minimum atomic E-state index is -0.648. The molecule has 0 bridgehead atoms. The van der Waals surface area contributed by atoms with Gasteiger partial charge < -0.3 is 14.1 Å². The average Bonchev–Trinajstić information content (AvgIpc) is 4.01. The zero-order chi connectivity index (χ0) is 51.0. The molecule has 0 N–H and O–H groups in total. The summed E-state index contributed by atoms with van der Waals surface area (Å²) in [5.74, 6) is 1.71. The van der Waals surface area contributed by atoms with Gasteiger partial charge in [0.25, 0.3) is 0 Å². The van der Waals surface area contributed by atoms with Crippen molar-refractivity contribution in [3.05, 3.63) is 294 Å². The molecule has 1 aliphatic heterocycles. The van der Waals surface area contributed by atoms with Crippen LogP contribution in [0.1, 0.15) is 47.2 Å². The van der Waals surface area contributed by atoms with Crippen molar-refractivity contribution in [2.24, 2.45) is 0 Å². The van der Waals surface area contributed by atoms with Crippen LogP contribution in [0.2, 0.25) is 0 Å². The molecule has 13 aromatic rings. The van der Waals surface area contributed by atoms with Gasteiger partial charge >= 0.3 is 0 Å². The molecule has 2 heterocycles. The molecule has 2 aliphatic carbocycles. The average molecular weight is 984 g/mol. The first kappa shape index (κ1) is 43.7. The maximum Gasteiger partial charge on any atom is 0.142 e. The topological polar surface area (TPSA) is 25.6 Å². The first-order chi connectivity index (χ1) is 37.9. The van der Waals surface area contributed by atoms with Crippen molar-refractivity contribution in [2.75, 3.05) is 4.90 Å². The van der Waals surface area contributed by atoms with E-state index in [4.69, 9.17) is 9.15 Å². The van der Waals surface area contributed by atoms with Gasteiger partial charge in [0.05, 0.1) is 11.1 Å². The molecule has 1 spiro atoms. The predicted octanol–water partition coefficient (Wildman–Crippen LogP) is 20.0. The maximum absolute atomic E-state index is 7.59. The highest BCUT2D eigenvalue weighted by molar-refractivity contribution is 6.15. The Balaban J connectivity index is 0.960. The first-order valence-electron chi connectivity index (χ1n) is 26.7. The van der Waals surface area contributed by atoms with Crippen molar-refractivity contribution in [1.82, 2.24) is 0 Å². The van der Waals surface area contributed by atoms with E-state index in [9.17, 15) is 0 Å². The van der Waals surface area contributed by atoms with Crippen LogP contribution in [0, 0.1) is 0 Å². The van der Waals surface area contributed by atoms with E-state index in [1.165, 1.54) is 60.8 Å². The van der Waals surface area contributed by atoms with Crippen LogP contribution in [-0.2, 0) is 10.8 Å². The van der Waals surface area contributed by atoms with Gasteiger partial charge in [-0.1, -0.05) is 214 Å². The molecule has 77 heavy (non-hydrogen) atoms. The van der Waals surface area contributed by atoms with Crippen LogP contribution in [0.4, 0.5) is 17.1 Å². The van der Waals surface area contributed by atoms with Gasteiger partial charge in [-0.2, -0.15) is 0 Å². The van der Waals surface area contributed by atoms with Crippen LogP contribution in [0.5, 0.6) is 11.5 Å². The van der Waals surface area contributed by atoms with E-state index in [1.807, 2.05) is 0 Å². The van der Waals surface area contributed by atoms with E-state index in [-0.39, 0.29) is 5.41 Å². The molecular formula is C74H49NO2. The Morgan fingerprint density at radius 3 is 1.60 bits per heavy atom. The molecule has 16 rings (SSSR count). The van der Waals surface area contributed by atoms with Crippen LogP contribution in [0.3, 0.4) is 0 Å². The number of ether oxygens (including phenoxy) is 1. The third-order valence-electron chi connectivity index (χ3n) is 17.1. The second-order valence-electron chi connectivity index (χ2n) is 21.5. The van der Waals surface area contributed by atoms with Gasteiger partial charge in [0.1, 0.15) is 22.7 Å². The lowest BCUT2D eigenvalue weighted by Crippen LogP contribution is -2.32. The lowest BCUT2D eigenvalue weighted by atomic mass is 9.65. The number of fused-ring (bicyclic) bond motifs is 16. The molecule has 0 unspecified atom stereocenters. The molecule has 362 valence electrons. The summed E-state index contributed by atoms with van der Waals surface area (Å²) in [5.41, 5.74) is 23.2. The standard InChI is InChI=1S/C74H49NO2/c1-73(2)60-25-11-8-23-57(60)58-44-51(35-40-61(58)73)70-66(42-41-65-72(70)77-67-29-15-14-28-64(67)74(65)62-26-12-9-21-55(62)56-22-10-13-27-63(56)74)75(52-36-31-47(32-37-52)46-17-4-3-5-18-46)53-38-33-48(34-39-53)54-24-16-30-68-71(54)59-43-49-19-6-7-20-50(49)45-69(59)76-68/h3-45H,1-2H3. The van der Waals surface area contributed by atoms with E-state index >= 15 is 0 Å². The van der Waals surface area contributed by atoms with Crippen LogP contribution in [0.25, 0.3) is 88.3 Å². The molecule has 3 nitrogen and oxygen atoms in total. The Kier molecular flexibility index (Phi) is 9.30. The van der Waals surface area contributed by atoms with Gasteiger partial charge in [0.2, 0.25) is 0 Å². The van der Waals surface area contributed by atoms with Crippen LogP contribution in [0.15, 0.2) is 265 Å². The molecule has 1 aromatic heterocycles. The molecule has 0 saturated carbocycles. The third-order valence-corrected chi connectivity index (χ3v) is 17.1. The summed E-state index contributed by atoms with van der Waals surface area (Å²) in [4.78, 5) is 2.44. The number of anilines is 3. The molecule has 0 amide bonds. The Hall–Kier alpha value is -9.70. The predicted molar refractivity (Wildman–Crippen MR) is 317 cm³/mol. The monoisotopic (exact) mass is 983 g/mol. The van der Waals surface area contributed by atoms with Gasteiger partial charge in [0, 0.05) is 44.3 Å². The SMILES string of the molecule is CC1(C)c2ccccc2-c2cc(-c3c(N(c4ccc(-c5ccccc5)cc4)c4ccc(-c5cccc6oc7cc8ccccc8cc7c56)cc4)ccc4c3Oc3ccccc3C43c4ccccc4-c4ccccc43)ccc21. The van der Waals surface area contributed by atoms with Crippen molar-refractivity contribution in [3.8, 4) is 67.1 Å². The van der Waals surface area contributed by atoms with E-state index in [0.29, 0.717) is 0 Å². The number of rotatable bonds is 6. The zero-order valence-electron chi connectivity index (χ0n) is 42.6.